The number of rotatable bonds is 5. The quantitative estimate of drug-likeness (QED) is 0.534. The maximum Gasteiger partial charge on any atom is 0.176 e. The highest BCUT2D eigenvalue weighted by Gasteiger charge is 2.09. The summed E-state index contributed by atoms with van der Waals surface area (Å²) in [4.78, 5) is 8.82. The third-order valence-corrected chi connectivity index (χ3v) is 5.15. The van der Waals surface area contributed by atoms with Crippen molar-refractivity contribution < 1.29 is 0 Å². The molecule has 2 aromatic carbocycles. The summed E-state index contributed by atoms with van der Waals surface area (Å²) in [7, 11) is 1.99. The van der Waals surface area contributed by atoms with Crippen molar-refractivity contribution in [2.45, 2.75) is 16.9 Å². The molecule has 0 bridgehead atoms. The minimum Gasteiger partial charge on any atom is -0.329 e. The molecule has 0 aliphatic rings. The van der Waals surface area contributed by atoms with Gasteiger partial charge in [0, 0.05) is 38.4 Å². The Morgan fingerprint density at radius 3 is 2.20 bits per heavy atom. The van der Waals surface area contributed by atoms with Gasteiger partial charge in [0.05, 0.1) is 0 Å². The lowest BCUT2D eigenvalue weighted by Gasteiger charge is -2.09. The SMILES string of the molecule is Cn1ccnc1Sc1nccn1Cc1ccc(-c2ccccc2)cc1. The molecule has 0 aliphatic heterocycles. The highest BCUT2D eigenvalue weighted by Crippen LogP contribution is 2.25. The number of nitrogens with zero attached hydrogens (tertiary/aromatic N) is 4. The van der Waals surface area contributed by atoms with Gasteiger partial charge in [-0.2, -0.15) is 0 Å². The lowest BCUT2D eigenvalue weighted by molar-refractivity contribution is 0.702. The zero-order chi connectivity index (χ0) is 17.1. The van der Waals surface area contributed by atoms with Crippen molar-refractivity contribution in [3.05, 3.63) is 84.9 Å². The molecule has 2 aromatic heterocycles. The van der Waals surface area contributed by atoms with Gasteiger partial charge in [-0.3, -0.25) is 0 Å². The first-order valence-corrected chi connectivity index (χ1v) is 8.92. The summed E-state index contributed by atoms with van der Waals surface area (Å²) in [6.07, 6.45) is 7.59. The summed E-state index contributed by atoms with van der Waals surface area (Å²) in [5.74, 6) is 0. The van der Waals surface area contributed by atoms with Gasteiger partial charge in [-0.25, -0.2) is 9.97 Å². The van der Waals surface area contributed by atoms with E-state index in [9.17, 15) is 0 Å². The first-order chi connectivity index (χ1) is 12.3. The Hall–Kier alpha value is -2.79. The van der Waals surface area contributed by atoms with Crippen molar-refractivity contribution >= 4 is 11.8 Å². The van der Waals surface area contributed by atoms with E-state index in [2.05, 4.69) is 63.1 Å². The molecule has 0 radical (unpaired) electrons. The molecular weight excluding hydrogens is 328 g/mol. The Morgan fingerprint density at radius 2 is 1.48 bits per heavy atom. The maximum atomic E-state index is 4.47. The lowest BCUT2D eigenvalue weighted by Crippen LogP contribution is -2.01. The second-order valence-corrected chi connectivity index (χ2v) is 6.76. The van der Waals surface area contributed by atoms with Crippen LogP contribution in [0.2, 0.25) is 0 Å². The van der Waals surface area contributed by atoms with Crippen LogP contribution in [0.1, 0.15) is 5.56 Å². The Morgan fingerprint density at radius 1 is 0.800 bits per heavy atom. The Bertz CT molecular complexity index is 955. The molecule has 4 nitrogen and oxygen atoms in total. The largest absolute Gasteiger partial charge is 0.329 e. The van der Waals surface area contributed by atoms with Gasteiger partial charge in [0.2, 0.25) is 0 Å². The van der Waals surface area contributed by atoms with Crippen molar-refractivity contribution in [1.82, 2.24) is 19.1 Å². The second-order valence-electron chi connectivity index (χ2n) is 5.82. The molecule has 124 valence electrons. The van der Waals surface area contributed by atoms with Crippen LogP contribution in [-0.4, -0.2) is 19.1 Å². The van der Waals surface area contributed by atoms with Gasteiger partial charge in [-0.15, -0.1) is 0 Å². The number of benzene rings is 2. The van der Waals surface area contributed by atoms with Crippen molar-refractivity contribution in [2.24, 2.45) is 7.05 Å². The minimum absolute atomic E-state index is 0.793. The maximum absolute atomic E-state index is 4.47. The van der Waals surface area contributed by atoms with Crippen LogP contribution in [0, 0.1) is 0 Å². The molecule has 0 unspecified atom stereocenters. The number of hydrogen-bond acceptors (Lipinski definition) is 3. The summed E-state index contributed by atoms with van der Waals surface area (Å²) < 4.78 is 4.15. The molecule has 0 fully saturated rings. The molecule has 0 atom stereocenters. The number of imidazole rings is 2. The van der Waals surface area contributed by atoms with Gasteiger partial charge in [-0.1, -0.05) is 54.6 Å². The molecule has 4 aromatic rings. The summed E-state index contributed by atoms with van der Waals surface area (Å²) in [5, 5.41) is 1.88. The van der Waals surface area contributed by atoms with Crippen LogP contribution in [0.25, 0.3) is 11.1 Å². The van der Waals surface area contributed by atoms with Gasteiger partial charge >= 0.3 is 0 Å². The third-order valence-electron chi connectivity index (χ3n) is 4.05. The molecule has 2 heterocycles. The molecule has 0 aliphatic carbocycles. The normalized spacial score (nSPS) is 10.9. The number of aromatic nitrogens is 4. The van der Waals surface area contributed by atoms with Crippen molar-refractivity contribution in [3.63, 3.8) is 0 Å². The minimum atomic E-state index is 0.793. The zero-order valence-corrected chi connectivity index (χ0v) is 14.7. The van der Waals surface area contributed by atoms with Crippen molar-refractivity contribution in [3.8, 4) is 11.1 Å². The van der Waals surface area contributed by atoms with E-state index in [1.807, 2.05) is 36.3 Å². The molecule has 0 saturated heterocycles. The van der Waals surface area contributed by atoms with Gasteiger partial charge in [0.1, 0.15) is 0 Å². The first kappa shape index (κ1) is 15.7. The highest BCUT2D eigenvalue weighted by molar-refractivity contribution is 7.99. The van der Waals surface area contributed by atoms with Crippen LogP contribution in [0.3, 0.4) is 0 Å². The fourth-order valence-corrected chi connectivity index (χ4v) is 3.52. The molecule has 25 heavy (non-hydrogen) atoms. The fraction of sp³-hybridized carbons (Fsp3) is 0.100. The lowest BCUT2D eigenvalue weighted by atomic mass is 10.0. The molecule has 0 spiro atoms. The van der Waals surface area contributed by atoms with Gasteiger partial charge in [0.15, 0.2) is 10.3 Å². The predicted molar refractivity (Wildman–Crippen MR) is 101 cm³/mol. The predicted octanol–water partition coefficient (Wildman–Crippen LogP) is 4.48. The summed E-state index contributed by atoms with van der Waals surface area (Å²) in [6.45, 7) is 0.793. The van der Waals surface area contributed by atoms with E-state index in [0.29, 0.717) is 0 Å². The van der Waals surface area contributed by atoms with Crippen molar-refractivity contribution in [2.75, 3.05) is 0 Å². The van der Waals surface area contributed by atoms with E-state index < -0.39 is 0 Å². The van der Waals surface area contributed by atoms with E-state index in [1.54, 1.807) is 18.0 Å². The van der Waals surface area contributed by atoms with Crippen LogP contribution in [0.15, 0.2) is 89.7 Å². The molecule has 4 rings (SSSR count). The third kappa shape index (κ3) is 3.51. The van der Waals surface area contributed by atoms with E-state index in [4.69, 9.17) is 0 Å². The van der Waals surface area contributed by atoms with Gasteiger partial charge in [0.25, 0.3) is 0 Å². The summed E-state index contributed by atoms with van der Waals surface area (Å²) in [5.41, 5.74) is 3.72. The van der Waals surface area contributed by atoms with E-state index in [-0.39, 0.29) is 0 Å². The Labute approximate surface area is 151 Å². The molecule has 0 saturated carbocycles. The Balaban J connectivity index is 1.51. The molecular formula is C20H18N4S. The van der Waals surface area contributed by atoms with Gasteiger partial charge < -0.3 is 9.13 Å². The summed E-state index contributed by atoms with van der Waals surface area (Å²) >= 11 is 1.58. The van der Waals surface area contributed by atoms with Gasteiger partial charge in [-0.05, 0) is 28.5 Å². The molecule has 0 amide bonds. The topological polar surface area (TPSA) is 35.6 Å². The zero-order valence-electron chi connectivity index (χ0n) is 13.9. The fourth-order valence-electron chi connectivity index (χ4n) is 2.68. The van der Waals surface area contributed by atoms with E-state index in [1.165, 1.54) is 16.7 Å². The van der Waals surface area contributed by atoms with Crippen LogP contribution in [-0.2, 0) is 13.6 Å². The Kier molecular flexibility index (Phi) is 4.39. The van der Waals surface area contributed by atoms with Crippen LogP contribution in [0.5, 0.6) is 0 Å². The van der Waals surface area contributed by atoms with Crippen LogP contribution in [0.4, 0.5) is 0 Å². The average molecular weight is 346 g/mol. The standard InChI is InChI=1S/C20H18N4S/c1-23-13-11-21-19(23)25-20-22-12-14-24(20)15-16-7-9-18(10-8-16)17-5-3-2-4-6-17/h2-14H,15H2,1H3. The van der Waals surface area contributed by atoms with Crippen LogP contribution >= 0.6 is 11.8 Å². The first-order valence-electron chi connectivity index (χ1n) is 8.10. The smallest absolute Gasteiger partial charge is 0.176 e. The number of hydrogen-bond donors (Lipinski definition) is 0. The summed E-state index contributed by atoms with van der Waals surface area (Å²) in [6, 6.07) is 19.1. The second kappa shape index (κ2) is 6.99. The van der Waals surface area contributed by atoms with Crippen molar-refractivity contribution in [1.29, 1.82) is 0 Å². The highest BCUT2D eigenvalue weighted by atomic mass is 32.2. The number of aryl methyl sites for hydroxylation is 1. The van der Waals surface area contributed by atoms with Crippen LogP contribution < -0.4 is 0 Å². The molecule has 0 N–H and O–H groups in total. The average Bonchev–Trinajstić information content (AvgIpc) is 3.26. The monoisotopic (exact) mass is 346 g/mol. The van der Waals surface area contributed by atoms with E-state index >= 15 is 0 Å². The van der Waals surface area contributed by atoms with E-state index in [0.717, 1.165) is 16.9 Å². The molecule has 5 heteroatoms.